The molecule has 2 aromatic carbocycles. The topological polar surface area (TPSA) is 71.3 Å². The lowest BCUT2D eigenvalue weighted by atomic mass is 9.97. The SMILES string of the molecule is O=C(NCCCSCc1ccc(F)cc1)C1CCCN(Cc2nc(-c3ccc(F)cc3)no2)C1. The average Bonchev–Trinajstić information content (AvgIpc) is 3.31. The summed E-state index contributed by atoms with van der Waals surface area (Å²) in [6, 6.07) is 12.5. The van der Waals surface area contributed by atoms with Crippen molar-refractivity contribution < 1.29 is 18.1 Å². The predicted molar refractivity (Wildman–Crippen MR) is 128 cm³/mol. The summed E-state index contributed by atoms with van der Waals surface area (Å²) < 4.78 is 31.4. The Hall–Kier alpha value is -2.78. The lowest BCUT2D eigenvalue weighted by molar-refractivity contribution is -0.126. The maximum absolute atomic E-state index is 13.1. The van der Waals surface area contributed by atoms with Gasteiger partial charge in [0.05, 0.1) is 12.5 Å². The molecule has 1 unspecified atom stereocenters. The molecule has 0 spiro atoms. The Bertz CT molecular complexity index is 1060. The van der Waals surface area contributed by atoms with Crippen molar-refractivity contribution in [2.75, 3.05) is 25.4 Å². The molecule has 0 aliphatic carbocycles. The smallest absolute Gasteiger partial charge is 0.241 e. The molecule has 1 atom stereocenters. The summed E-state index contributed by atoms with van der Waals surface area (Å²) in [5.74, 6) is 2.19. The summed E-state index contributed by atoms with van der Waals surface area (Å²) in [6.07, 6.45) is 2.69. The van der Waals surface area contributed by atoms with E-state index in [4.69, 9.17) is 4.52 Å². The normalized spacial score (nSPS) is 16.5. The van der Waals surface area contributed by atoms with Gasteiger partial charge in [-0.15, -0.1) is 0 Å². The van der Waals surface area contributed by atoms with Crippen LogP contribution in [0, 0.1) is 17.6 Å². The van der Waals surface area contributed by atoms with Gasteiger partial charge in [0, 0.05) is 24.4 Å². The van der Waals surface area contributed by atoms with Crippen LogP contribution in [0.4, 0.5) is 8.78 Å². The number of amides is 1. The second-order valence-electron chi connectivity index (χ2n) is 8.42. The molecule has 6 nitrogen and oxygen atoms in total. The first-order valence-electron chi connectivity index (χ1n) is 11.5. The van der Waals surface area contributed by atoms with Crippen molar-refractivity contribution in [3.8, 4) is 11.4 Å². The van der Waals surface area contributed by atoms with Crippen molar-refractivity contribution in [3.63, 3.8) is 0 Å². The van der Waals surface area contributed by atoms with Crippen LogP contribution >= 0.6 is 11.8 Å². The van der Waals surface area contributed by atoms with E-state index in [0.29, 0.717) is 36.9 Å². The Labute approximate surface area is 202 Å². The number of nitrogens with one attached hydrogen (secondary N) is 1. The van der Waals surface area contributed by atoms with Crippen LogP contribution in [0.3, 0.4) is 0 Å². The van der Waals surface area contributed by atoms with Crippen LogP contribution in [0.5, 0.6) is 0 Å². The number of hydrogen-bond acceptors (Lipinski definition) is 6. The number of halogens is 2. The number of likely N-dealkylation sites (tertiary alicyclic amines) is 1. The summed E-state index contributed by atoms with van der Waals surface area (Å²) >= 11 is 1.78. The average molecular weight is 487 g/mol. The van der Waals surface area contributed by atoms with Crippen molar-refractivity contribution in [1.29, 1.82) is 0 Å². The molecule has 1 aliphatic heterocycles. The number of aromatic nitrogens is 2. The summed E-state index contributed by atoms with van der Waals surface area (Å²) in [4.78, 5) is 19.2. The van der Waals surface area contributed by atoms with Crippen LogP contribution in [0.15, 0.2) is 53.1 Å². The van der Waals surface area contributed by atoms with Gasteiger partial charge >= 0.3 is 0 Å². The second-order valence-corrected chi connectivity index (χ2v) is 9.52. The fourth-order valence-corrected chi connectivity index (χ4v) is 4.86. The Kier molecular flexibility index (Phi) is 8.65. The maximum atomic E-state index is 13.1. The van der Waals surface area contributed by atoms with Gasteiger partial charge in [0.2, 0.25) is 17.6 Å². The minimum absolute atomic E-state index is 0.0555. The minimum Gasteiger partial charge on any atom is -0.356 e. The van der Waals surface area contributed by atoms with Crippen molar-refractivity contribution in [1.82, 2.24) is 20.4 Å². The number of nitrogens with zero attached hydrogens (tertiary/aromatic N) is 3. The third-order valence-electron chi connectivity index (χ3n) is 5.75. The summed E-state index contributed by atoms with van der Waals surface area (Å²) in [6.45, 7) is 2.66. The molecule has 1 fully saturated rings. The fraction of sp³-hybridized carbons (Fsp3) is 0.400. The highest BCUT2D eigenvalue weighted by atomic mass is 32.2. The van der Waals surface area contributed by atoms with Crippen LogP contribution in [0.1, 0.15) is 30.7 Å². The summed E-state index contributed by atoms with van der Waals surface area (Å²) in [5, 5.41) is 7.05. The van der Waals surface area contributed by atoms with Gasteiger partial charge in [0.15, 0.2) is 0 Å². The lowest BCUT2D eigenvalue weighted by Crippen LogP contribution is -2.43. The van der Waals surface area contributed by atoms with Gasteiger partial charge in [-0.05, 0) is 73.5 Å². The van der Waals surface area contributed by atoms with Crippen LogP contribution in [0.25, 0.3) is 11.4 Å². The number of rotatable bonds is 10. The lowest BCUT2D eigenvalue weighted by Gasteiger charge is -2.30. The van der Waals surface area contributed by atoms with Crippen LogP contribution in [-0.4, -0.2) is 46.3 Å². The highest BCUT2D eigenvalue weighted by Gasteiger charge is 2.26. The van der Waals surface area contributed by atoms with Crippen LogP contribution < -0.4 is 5.32 Å². The molecule has 0 radical (unpaired) electrons. The molecule has 180 valence electrons. The zero-order valence-corrected chi connectivity index (χ0v) is 19.7. The molecular formula is C25H28F2N4O2S. The molecule has 34 heavy (non-hydrogen) atoms. The highest BCUT2D eigenvalue weighted by Crippen LogP contribution is 2.21. The van der Waals surface area contributed by atoms with Gasteiger partial charge in [-0.3, -0.25) is 9.69 Å². The van der Waals surface area contributed by atoms with Crippen molar-refractivity contribution in [2.24, 2.45) is 5.92 Å². The minimum atomic E-state index is -0.311. The molecule has 2 heterocycles. The summed E-state index contributed by atoms with van der Waals surface area (Å²) in [5.41, 5.74) is 1.80. The molecule has 9 heteroatoms. The molecule has 0 saturated carbocycles. The molecule has 1 aromatic heterocycles. The van der Waals surface area contributed by atoms with E-state index in [2.05, 4.69) is 20.4 Å². The Morgan fingerprint density at radius 2 is 1.85 bits per heavy atom. The van der Waals surface area contributed by atoms with E-state index < -0.39 is 0 Å². The van der Waals surface area contributed by atoms with Crippen molar-refractivity contribution >= 4 is 17.7 Å². The zero-order chi connectivity index (χ0) is 23.8. The fourth-order valence-electron chi connectivity index (χ4n) is 3.94. The van der Waals surface area contributed by atoms with Gasteiger partial charge in [0.25, 0.3) is 0 Å². The molecule has 4 rings (SSSR count). The second kappa shape index (κ2) is 12.1. The quantitative estimate of drug-likeness (QED) is 0.420. The van der Waals surface area contributed by atoms with Gasteiger partial charge in [-0.2, -0.15) is 16.7 Å². The molecule has 1 saturated heterocycles. The molecule has 1 aliphatic rings. The molecule has 3 aromatic rings. The van der Waals surface area contributed by atoms with Crippen LogP contribution in [-0.2, 0) is 17.1 Å². The monoisotopic (exact) mass is 486 g/mol. The molecule has 1 amide bonds. The Morgan fingerprint density at radius 3 is 2.62 bits per heavy atom. The standard InChI is InChI=1S/C25H28F2N4O2S/c26-21-8-4-18(5-9-21)17-34-14-2-12-28-25(32)20-3-1-13-31(15-20)16-23-29-24(30-33-23)19-6-10-22(27)11-7-19/h4-11,20H,1-3,12-17H2,(H,28,32). The van der Waals surface area contributed by atoms with E-state index in [-0.39, 0.29) is 23.5 Å². The predicted octanol–water partition coefficient (Wildman–Crippen LogP) is 4.67. The van der Waals surface area contributed by atoms with Gasteiger partial charge < -0.3 is 9.84 Å². The van der Waals surface area contributed by atoms with E-state index >= 15 is 0 Å². The number of benzene rings is 2. The number of thioether (sulfide) groups is 1. The largest absolute Gasteiger partial charge is 0.356 e. The van der Waals surface area contributed by atoms with Crippen molar-refractivity contribution in [2.45, 2.75) is 31.6 Å². The maximum Gasteiger partial charge on any atom is 0.241 e. The first kappa shape index (κ1) is 24.3. The highest BCUT2D eigenvalue weighted by molar-refractivity contribution is 7.98. The number of piperidine rings is 1. The number of hydrogen-bond donors (Lipinski definition) is 1. The van der Waals surface area contributed by atoms with Gasteiger partial charge in [0.1, 0.15) is 11.6 Å². The van der Waals surface area contributed by atoms with Gasteiger partial charge in [-0.25, -0.2) is 8.78 Å². The van der Waals surface area contributed by atoms with E-state index in [9.17, 15) is 13.6 Å². The Balaban J connectivity index is 1.16. The number of carbonyl (C=O) groups excluding carboxylic acids is 1. The molecule has 0 bridgehead atoms. The molecular weight excluding hydrogens is 458 g/mol. The van der Waals surface area contributed by atoms with E-state index in [0.717, 1.165) is 42.9 Å². The Morgan fingerprint density at radius 1 is 1.12 bits per heavy atom. The van der Waals surface area contributed by atoms with E-state index in [1.807, 2.05) is 0 Å². The zero-order valence-electron chi connectivity index (χ0n) is 18.9. The third kappa shape index (κ3) is 7.11. The number of carbonyl (C=O) groups is 1. The summed E-state index contributed by atoms with van der Waals surface area (Å²) in [7, 11) is 0. The van der Waals surface area contributed by atoms with Gasteiger partial charge in [-0.1, -0.05) is 17.3 Å². The first-order valence-corrected chi connectivity index (χ1v) is 12.6. The van der Waals surface area contributed by atoms with Crippen LogP contribution in [0.2, 0.25) is 0 Å². The van der Waals surface area contributed by atoms with Crippen molar-refractivity contribution in [3.05, 3.63) is 71.6 Å². The first-order chi connectivity index (χ1) is 16.6. The molecule has 1 N–H and O–H groups in total. The van der Waals surface area contributed by atoms with E-state index in [1.165, 1.54) is 24.3 Å². The van der Waals surface area contributed by atoms with E-state index in [1.54, 1.807) is 36.0 Å². The third-order valence-corrected chi connectivity index (χ3v) is 6.87.